The van der Waals surface area contributed by atoms with E-state index >= 15 is 0 Å². The van der Waals surface area contributed by atoms with Gasteiger partial charge in [-0.15, -0.1) is 11.8 Å². The fourth-order valence-electron chi connectivity index (χ4n) is 2.36. The minimum absolute atomic E-state index is 0.437. The fourth-order valence-corrected chi connectivity index (χ4v) is 3.52. The Morgan fingerprint density at radius 1 is 1.11 bits per heavy atom. The summed E-state index contributed by atoms with van der Waals surface area (Å²) in [5, 5.41) is 3.69. The van der Waals surface area contributed by atoms with Crippen LogP contribution < -0.4 is 5.32 Å². The third-order valence-corrected chi connectivity index (χ3v) is 4.61. The van der Waals surface area contributed by atoms with Crippen LogP contribution in [0.2, 0.25) is 0 Å². The number of anilines is 1. The van der Waals surface area contributed by atoms with Crippen molar-refractivity contribution in [3.63, 3.8) is 0 Å². The van der Waals surface area contributed by atoms with Crippen LogP contribution >= 0.6 is 11.8 Å². The standard InChI is InChI=1S/C16H17NS/c1-11-7-8-12(2)14(9-11)17-15-10-18-16-6-4-3-5-13(15)16/h3-9,15,17H,10H2,1-2H3. The van der Waals surface area contributed by atoms with Gasteiger partial charge in [0, 0.05) is 16.3 Å². The van der Waals surface area contributed by atoms with E-state index in [1.807, 2.05) is 11.8 Å². The van der Waals surface area contributed by atoms with Gasteiger partial charge in [0.05, 0.1) is 6.04 Å². The molecule has 18 heavy (non-hydrogen) atoms. The Bertz CT molecular complexity index is 577. The van der Waals surface area contributed by atoms with Crippen LogP contribution in [0.15, 0.2) is 47.4 Å². The Balaban J connectivity index is 1.88. The van der Waals surface area contributed by atoms with Gasteiger partial charge in [-0.2, -0.15) is 0 Å². The Labute approximate surface area is 113 Å². The maximum atomic E-state index is 3.69. The predicted molar refractivity (Wildman–Crippen MR) is 79.4 cm³/mol. The first-order valence-electron chi connectivity index (χ1n) is 6.29. The summed E-state index contributed by atoms with van der Waals surface area (Å²) >= 11 is 1.94. The van der Waals surface area contributed by atoms with E-state index in [0.717, 1.165) is 5.75 Å². The summed E-state index contributed by atoms with van der Waals surface area (Å²) in [5.41, 5.74) is 5.32. The minimum Gasteiger partial charge on any atom is -0.377 e. The third-order valence-electron chi connectivity index (χ3n) is 3.42. The van der Waals surface area contributed by atoms with Gasteiger partial charge in [-0.25, -0.2) is 0 Å². The van der Waals surface area contributed by atoms with Gasteiger partial charge in [0.15, 0.2) is 0 Å². The lowest BCUT2D eigenvalue weighted by molar-refractivity contribution is 0.897. The molecule has 92 valence electrons. The highest BCUT2D eigenvalue weighted by Gasteiger charge is 2.22. The van der Waals surface area contributed by atoms with E-state index in [2.05, 4.69) is 61.6 Å². The van der Waals surface area contributed by atoms with E-state index in [9.17, 15) is 0 Å². The van der Waals surface area contributed by atoms with Crippen LogP contribution in [0.25, 0.3) is 0 Å². The first-order chi connectivity index (χ1) is 8.74. The lowest BCUT2D eigenvalue weighted by Crippen LogP contribution is -2.10. The summed E-state index contributed by atoms with van der Waals surface area (Å²) in [6, 6.07) is 15.7. The number of hydrogen-bond donors (Lipinski definition) is 1. The molecule has 3 rings (SSSR count). The molecule has 0 saturated carbocycles. The first kappa shape index (κ1) is 11.7. The van der Waals surface area contributed by atoms with E-state index < -0.39 is 0 Å². The molecule has 0 fully saturated rings. The predicted octanol–water partition coefficient (Wildman–Crippen LogP) is 4.56. The van der Waals surface area contributed by atoms with Crippen LogP contribution in [0.1, 0.15) is 22.7 Å². The van der Waals surface area contributed by atoms with Crippen LogP contribution in [0.4, 0.5) is 5.69 Å². The molecule has 0 radical (unpaired) electrons. The number of aryl methyl sites for hydroxylation is 2. The van der Waals surface area contributed by atoms with Crippen molar-refractivity contribution in [2.45, 2.75) is 24.8 Å². The maximum Gasteiger partial charge on any atom is 0.0618 e. The number of benzene rings is 2. The minimum atomic E-state index is 0.437. The summed E-state index contributed by atoms with van der Waals surface area (Å²) in [6.07, 6.45) is 0. The molecule has 2 aromatic rings. The van der Waals surface area contributed by atoms with Crippen molar-refractivity contribution in [1.29, 1.82) is 0 Å². The van der Waals surface area contributed by atoms with Crippen molar-refractivity contribution in [3.05, 3.63) is 59.2 Å². The van der Waals surface area contributed by atoms with Crippen LogP contribution in [-0.4, -0.2) is 5.75 Å². The molecule has 1 unspecified atom stereocenters. The number of fused-ring (bicyclic) bond motifs is 1. The van der Waals surface area contributed by atoms with E-state index in [4.69, 9.17) is 0 Å². The summed E-state index contributed by atoms with van der Waals surface area (Å²) in [4.78, 5) is 1.42. The van der Waals surface area contributed by atoms with Gasteiger partial charge < -0.3 is 5.32 Å². The summed E-state index contributed by atoms with van der Waals surface area (Å²) in [5.74, 6) is 1.12. The maximum absolute atomic E-state index is 3.69. The van der Waals surface area contributed by atoms with Crippen molar-refractivity contribution in [2.75, 3.05) is 11.1 Å². The second-order valence-electron chi connectivity index (χ2n) is 4.86. The second kappa shape index (κ2) is 4.69. The van der Waals surface area contributed by atoms with Gasteiger partial charge in [-0.1, -0.05) is 30.3 Å². The van der Waals surface area contributed by atoms with Gasteiger partial charge in [0.1, 0.15) is 0 Å². The quantitative estimate of drug-likeness (QED) is 0.844. The van der Waals surface area contributed by atoms with Gasteiger partial charge in [0.2, 0.25) is 0 Å². The number of hydrogen-bond acceptors (Lipinski definition) is 2. The van der Waals surface area contributed by atoms with E-state index in [1.54, 1.807) is 0 Å². The summed E-state index contributed by atoms with van der Waals surface area (Å²) in [6.45, 7) is 4.30. The van der Waals surface area contributed by atoms with Gasteiger partial charge in [-0.3, -0.25) is 0 Å². The van der Waals surface area contributed by atoms with Crippen LogP contribution in [-0.2, 0) is 0 Å². The van der Waals surface area contributed by atoms with E-state index in [-0.39, 0.29) is 0 Å². The molecule has 1 atom stereocenters. The Morgan fingerprint density at radius 3 is 2.83 bits per heavy atom. The third kappa shape index (κ3) is 2.13. The summed E-state index contributed by atoms with van der Waals surface area (Å²) in [7, 11) is 0. The molecule has 2 heteroatoms. The molecule has 0 amide bonds. The average Bonchev–Trinajstić information content (AvgIpc) is 2.78. The molecular weight excluding hydrogens is 238 g/mol. The first-order valence-corrected chi connectivity index (χ1v) is 7.28. The molecule has 0 spiro atoms. The molecule has 0 saturated heterocycles. The smallest absolute Gasteiger partial charge is 0.0618 e. The molecule has 0 aromatic heterocycles. The lowest BCUT2D eigenvalue weighted by Gasteiger charge is -2.17. The zero-order chi connectivity index (χ0) is 12.5. The fraction of sp³-hybridized carbons (Fsp3) is 0.250. The van der Waals surface area contributed by atoms with Crippen molar-refractivity contribution in [3.8, 4) is 0 Å². The van der Waals surface area contributed by atoms with Gasteiger partial charge in [-0.05, 0) is 42.7 Å². The van der Waals surface area contributed by atoms with E-state index in [0.29, 0.717) is 6.04 Å². The molecule has 0 aliphatic carbocycles. The molecule has 2 aromatic carbocycles. The Kier molecular flexibility index (Phi) is 3.04. The molecule has 1 aliphatic rings. The normalized spacial score (nSPS) is 17.6. The monoisotopic (exact) mass is 255 g/mol. The van der Waals surface area contributed by atoms with Crippen molar-refractivity contribution < 1.29 is 0 Å². The van der Waals surface area contributed by atoms with Gasteiger partial charge >= 0.3 is 0 Å². The van der Waals surface area contributed by atoms with Gasteiger partial charge in [0.25, 0.3) is 0 Å². The van der Waals surface area contributed by atoms with Crippen LogP contribution in [0.5, 0.6) is 0 Å². The molecule has 0 bridgehead atoms. The SMILES string of the molecule is Cc1ccc(C)c(NC2CSc3ccccc32)c1. The zero-order valence-corrected chi connectivity index (χ0v) is 11.6. The molecule has 1 N–H and O–H groups in total. The molecular formula is C16H17NS. The largest absolute Gasteiger partial charge is 0.377 e. The number of rotatable bonds is 2. The molecule has 1 heterocycles. The second-order valence-corrected chi connectivity index (χ2v) is 5.93. The van der Waals surface area contributed by atoms with Crippen LogP contribution in [0.3, 0.4) is 0 Å². The highest BCUT2D eigenvalue weighted by atomic mass is 32.2. The highest BCUT2D eigenvalue weighted by molar-refractivity contribution is 7.99. The topological polar surface area (TPSA) is 12.0 Å². The highest BCUT2D eigenvalue weighted by Crippen LogP contribution is 2.39. The number of nitrogens with one attached hydrogen (secondary N) is 1. The van der Waals surface area contributed by atoms with E-state index in [1.165, 1.54) is 27.3 Å². The average molecular weight is 255 g/mol. The zero-order valence-electron chi connectivity index (χ0n) is 10.7. The summed E-state index contributed by atoms with van der Waals surface area (Å²) < 4.78 is 0. The molecule has 1 aliphatic heterocycles. The molecule has 1 nitrogen and oxygen atoms in total. The van der Waals surface area contributed by atoms with Crippen molar-refractivity contribution in [2.24, 2.45) is 0 Å². The van der Waals surface area contributed by atoms with Crippen LogP contribution in [0, 0.1) is 13.8 Å². The van der Waals surface area contributed by atoms with Crippen molar-refractivity contribution in [1.82, 2.24) is 0 Å². The Morgan fingerprint density at radius 2 is 1.94 bits per heavy atom. The lowest BCUT2D eigenvalue weighted by atomic mass is 10.1. The Hall–Kier alpha value is -1.41. The number of thioether (sulfide) groups is 1. The van der Waals surface area contributed by atoms with Crippen molar-refractivity contribution >= 4 is 17.4 Å².